The first-order valence-corrected chi connectivity index (χ1v) is 7.95. The van der Waals surface area contributed by atoms with E-state index in [2.05, 4.69) is 4.74 Å². The van der Waals surface area contributed by atoms with Crippen molar-refractivity contribution in [2.75, 3.05) is 20.8 Å². The van der Waals surface area contributed by atoms with Gasteiger partial charge in [0.25, 0.3) is 5.91 Å². The molecule has 0 saturated heterocycles. The summed E-state index contributed by atoms with van der Waals surface area (Å²) in [5, 5.41) is 0. The molecule has 0 aliphatic carbocycles. The van der Waals surface area contributed by atoms with Crippen molar-refractivity contribution in [3.63, 3.8) is 0 Å². The van der Waals surface area contributed by atoms with Gasteiger partial charge in [0.15, 0.2) is 18.1 Å². The molecule has 0 fully saturated rings. The van der Waals surface area contributed by atoms with E-state index in [4.69, 9.17) is 9.47 Å². The van der Waals surface area contributed by atoms with Gasteiger partial charge in [-0.05, 0) is 36.2 Å². The van der Waals surface area contributed by atoms with E-state index in [-0.39, 0.29) is 30.6 Å². The fourth-order valence-electron chi connectivity index (χ4n) is 2.33. The van der Waals surface area contributed by atoms with Crippen LogP contribution in [0.15, 0.2) is 42.5 Å². The van der Waals surface area contributed by atoms with Crippen molar-refractivity contribution in [1.82, 2.24) is 4.90 Å². The maximum Gasteiger partial charge on any atom is 0.387 e. The zero-order chi connectivity index (χ0) is 19.1. The number of alkyl halides is 2. The lowest BCUT2D eigenvalue weighted by atomic mass is 10.2. The van der Waals surface area contributed by atoms with Crippen molar-refractivity contribution in [1.29, 1.82) is 0 Å². The molecule has 0 bridgehead atoms. The van der Waals surface area contributed by atoms with E-state index in [1.165, 1.54) is 18.1 Å². The Morgan fingerprint density at radius 1 is 1.12 bits per heavy atom. The molecule has 0 unspecified atom stereocenters. The van der Waals surface area contributed by atoms with E-state index >= 15 is 0 Å². The summed E-state index contributed by atoms with van der Waals surface area (Å²) < 4.78 is 39.7. The standard InChI is InChI=1S/C19H21F2NO4/c1-13-6-4-5-7-15(13)25-12-18(23)22(2)11-14-8-9-16(26-19(20)21)17(10-14)24-3/h4-10,19H,11-12H2,1-3H3. The fraction of sp³-hybridized carbons (Fsp3) is 0.316. The van der Waals surface area contributed by atoms with Crippen LogP contribution < -0.4 is 14.2 Å². The molecule has 0 aliphatic heterocycles. The molecule has 26 heavy (non-hydrogen) atoms. The molecule has 0 atom stereocenters. The van der Waals surface area contributed by atoms with Gasteiger partial charge in [-0.1, -0.05) is 24.3 Å². The van der Waals surface area contributed by atoms with Crippen molar-refractivity contribution in [3.8, 4) is 17.2 Å². The quantitative estimate of drug-likeness (QED) is 0.717. The van der Waals surface area contributed by atoms with Crippen molar-refractivity contribution >= 4 is 5.91 Å². The molecule has 0 aromatic heterocycles. The summed E-state index contributed by atoms with van der Waals surface area (Å²) in [7, 11) is 3.00. The van der Waals surface area contributed by atoms with E-state index < -0.39 is 6.61 Å². The summed E-state index contributed by atoms with van der Waals surface area (Å²) >= 11 is 0. The third kappa shape index (κ3) is 5.34. The van der Waals surface area contributed by atoms with Gasteiger partial charge in [-0.3, -0.25) is 4.79 Å². The summed E-state index contributed by atoms with van der Waals surface area (Å²) in [4.78, 5) is 13.7. The van der Waals surface area contributed by atoms with E-state index in [0.717, 1.165) is 11.1 Å². The smallest absolute Gasteiger partial charge is 0.387 e. The summed E-state index contributed by atoms with van der Waals surface area (Å²) in [6.45, 7) is -0.844. The molecule has 0 N–H and O–H groups in total. The maximum atomic E-state index is 12.4. The molecule has 0 aliphatic rings. The SMILES string of the molecule is COc1cc(CN(C)C(=O)COc2ccccc2C)ccc1OC(F)F. The number of likely N-dealkylation sites (N-methyl/N-ethyl adjacent to an activating group) is 1. The highest BCUT2D eigenvalue weighted by molar-refractivity contribution is 5.77. The Morgan fingerprint density at radius 2 is 1.85 bits per heavy atom. The summed E-state index contributed by atoms with van der Waals surface area (Å²) in [5.41, 5.74) is 1.66. The van der Waals surface area contributed by atoms with Crippen LogP contribution in [-0.4, -0.2) is 38.2 Å². The van der Waals surface area contributed by atoms with Gasteiger partial charge in [-0.2, -0.15) is 8.78 Å². The van der Waals surface area contributed by atoms with Gasteiger partial charge in [-0.15, -0.1) is 0 Å². The lowest BCUT2D eigenvalue weighted by Crippen LogP contribution is -2.31. The molecule has 0 radical (unpaired) electrons. The molecule has 140 valence electrons. The van der Waals surface area contributed by atoms with Gasteiger partial charge < -0.3 is 19.1 Å². The molecule has 0 saturated carbocycles. The lowest BCUT2D eigenvalue weighted by molar-refractivity contribution is -0.132. The van der Waals surface area contributed by atoms with E-state index in [1.807, 2.05) is 25.1 Å². The van der Waals surface area contributed by atoms with E-state index in [9.17, 15) is 13.6 Å². The second-order valence-electron chi connectivity index (χ2n) is 5.67. The molecular formula is C19H21F2NO4. The number of hydrogen-bond donors (Lipinski definition) is 0. The highest BCUT2D eigenvalue weighted by Gasteiger charge is 2.14. The Balaban J connectivity index is 1.96. The monoisotopic (exact) mass is 365 g/mol. The summed E-state index contributed by atoms with van der Waals surface area (Å²) in [6.07, 6.45) is 0. The van der Waals surface area contributed by atoms with Crippen molar-refractivity contribution in [2.45, 2.75) is 20.1 Å². The van der Waals surface area contributed by atoms with Crippen LogP contribution in [0, 0.1) is 6.92 Å². The number of nitrogens with zero attached hydrogens (tertiary/aromatic N) is 1. The second-order valence-corrected chi connectivity index (χ2v) is 5.67. The number of aryl methyl sites for hydroxylation is 1. The Kier molecular flexibility index (Phi) is 6.77. The third-order valence-electron chi connectivity index (χ3n) is 3.73. The number of rotatable bonds is 8. The average Bonchev–Trinajstić information content (AvgIpc) is 2.61. The molecule has 7 heteroatoms. The van der Waals surface area contributed by atoms with Crippen LogP contribution in [0.3, 0.4) is 0 Å². The van der Waals surface area contributed by atoms with Gasteiger partial charge in [0.2, 0.25) is 0 Å². The number of methoxy groups -OCH3 is 1. The highest BCUT2D eigenvalue weighted by Crippen LogP contribution is 2.29. The number of halogens is 2. The topological polar surface area (TPSA) is 48.0 Å². The molecule has 0 spiro atoms. The van der Waals surface area contributed by atoms with Crippen LogP contribution in [0.5, 0.6) is 17.2 Å². The van der Waals surface area contributed by atoms with Gasteiger partial charge in [-0.25, -0.2) is 0 Å². The summed E-state index contributed by atoms with van der Waals surface area (Å²) in [6, 6.07) is 12.0. The minimum Gasteiger partial charge on any atom is -0.493 e. The van der Waals surface area contributed by atoms with Crippen LogP contribution in [0.2, 0.25) is 0 Å². The average molecular weight is 365 g/mol. The highest BCUT2D eigenvalue weighted by atomic mass is 19.3. The van der Waals surface area contributed by atoms with E-state index in [1.54, 1.807) is 25.2 Å². The maximum absolute atomic E-state index is 12.4. The molecule has 0 heterocycles. The zero-order valence-corrected chi connectivity index (χ0v) is 14.9. The lowest BCUT2D eigenvalue weighted by Gasteiger charge is -2.19. The Morgan fingerprint density at radius 3 is 2.50 bits per heavy atom. The Hall–Kier alpha value is -2.83. The molecule has 5 nitrogen and oxygen atoms in total. The van der Waals surface area contributed by atoms with Crippen molar-refractivity contribution in [3.05, 3.63) is 53.6 Å². The predicted molar refractivity (Wildman–Crippen MR) is 92.8 cm³/mol. The molecular weight excluding hydrogens is 344 g/mol. The van der Waals surface area contributed by atoms with Gasteiger partial charge in [0.05, 0.1) is 7.11 Å². The normalized spacial score (nSPS) is 10.5. The first-order chi connectivity index (χ1) is 12.4. The van der Waals surface area contributed by atoms with E-state index in [0.29, 0.717) is 5.75 Å². The number of amides is 1. The van der Waals surface area contributed by atoms with Crippen LogP contribution in [-0.2, 0) is 11.3 Å². The second kappa shape index (κ2) is 9.03. The first-order valence-electron chi connectivity index (χ1n) is 7.95. The number of ether oxygens (including phenoxy) is 3. The predicted octanol–water partition coefficient (Wildman–Crippen LogP) is 3.64. The number of hydrogen-bond acceptors (Lipinski definition) is 4. The van der Waals surface area contributed by atoms with Crippen molar-refractivity contribution in [2.24, 2.45) is 0 Å². The van der Waals surface area contributed by atoms with Crippen molar-refractivity contribution < 1.29 is 27.8 Å². The van der Waals surface area contributed by atoms with Gasteiger partial charge in [0.1, 0.15) is 5.75 Å². The number of carbonyl (C=O) groups excluding carboxylic acids is 1. The van der Waals surface area contributed by atoms with Crippen LogP contribution in [0.1, 0.15) is 11.1 Å². The molecule has 2 rings (SSSR count). The van der Waals surface area contributed by atoms with Gasteiger partial charge >= 0.3 is 6.61 Å². The largest absolute Gasteiger partial charge is 0.493 e. The molecule has 2 aromatic carbocycles. The number of para-hydroxylation sites is 1. The van der Waals surface area contributed by atoms with Crippen LogP contribution in [0.4, 0.5) is 8.78 Å². The minimum atomic E-state index is -2.93. The van der Waals surface area contributed by atoms with Crippen LogP contribution in [0.25, 0.3) is 0 Å². The Bertz CT molecular complexity index is 752. The molecule has 1 amide bonds. The zero-order valence-electron chi connectivity index (χ0n) is 14.9. The molecule has 2 aromatic rings. The number of carbonyl (C=O) groups is 1. The fourth-order valence-corrected chi connectivity index (χ4v) is 2.33. The summed E-state index contributed by atoms with van der Waals surface area (Å²) in [5.74, 6) is 0.576. The number of benzene rings is 2. The van der Waals surface area contributed by atoms with Gasteiger partial charge in [0, 0.05) is 13.6 Å². The third-order valence-corrected chi connectivity index (χ3v) is 3.73. The first kappa shape index (κ1) is 19.5. The Labute approximate surface area is 151 Å². The van der Waals surface area contributed by atoms with Crippen LogP contribution >= 0.6 is 0 Å². The minimum absolute atomic E-state index is 0.0527.